The Hall–Kier alpha value is -2.49. The Balaban J connectivity index is 1.97. The van der Waals surface area contributed by atoms with E-state index in [1.807, 2.05) is 30.3 Å². The minimum absolute atomic E-state index is 0.255. The molecule has 4 heteroatoms. The quantitative estimate of drug-likeness (QED) is 0.688. The molecule has 3 nitrogen and oxygen atoms in total. The summed E-state index contributed by atoms with van der Waals surface area (Å²) in [7, 11) is 0. The first-order valence-electron chi connectivity index (χ1n) is 5.57. The van der Waals surface area contributed by atoms with Crippen molar-refractivity contribution in [1.29, 1.82) is 0 Å². The van der Waals surface area contributed by atoms with Crippen molar-refractivity contribution in [3.8, 4) is 16.9 Å². The molecule has 0 aliphatic heterocycles. The van der Waals surface area contributed by atoms with Crippen molar-refractivity contribution in [3.05, 3.63) is 66.6 Å². The summed E-state index contributed by atoms with van der Waals surface area (Å²) in [6, 6.07) is 15.8. The van der Waals surface area contributed by atoms with Gasteiger partial charge in [0, 0.05) is 5.56 Å². The summed E-state index contributed by atoms with van der Waals surface area (Å²) >= 11 is 0. The molecule has 88 valence electrons. The fraction of sp³-hybridized carbons (Fsp3) is 0. The summed E-state index contributed by atoms with van der Waals surface area (Å²) < 4.78 is 12.8. The predicted molar refractivity (Wildman–Crippen MR) is 66.8 cm³/mol. The van der Waals surface area contributed by atoms with Gasteiger partial charge < -0.3 is 0 Å². The number of aromatic nitrogens is 3. The van der Waals surface area contributed by atoms with E-state index in [0.717, 1.165) is 16.9 Å². The molecule has 0 saturated heterocycles. The molecule has 0 N–H and O–H groups in total. The summed E-state index contributed by atoms with van der Waals surface area (Å²) in [6.45, 7) is 0. The molecular weight excluding hydrogens is 229 g/mol. The standard InChI is InChI=1S/C14H10FN3/c15-12-8-6-11(7-9-12)14-10-16-18(17-14)13-4-2-1-3-5-13/h1-10H. The molecule has 0 radical (unpaired) electrons. The minimum Gasteiger partial charge on any atom is -0.207 e. The van der Waals surface area contributed by atoms with Gasteiger partial charge in [0.2, 0.25) is 0 Å². The molecule has 0 saturated carbocycles. The molecule has 1 heterocycles. The van der Waals surface area contributed by atoms with E-state index >= 15 is 0 Å². The maximum absolute atomic E-state index is 12.8. The molecule has 0 unspecified atom stereocenters. The number of halogens is 1. The van der Waals surface area contributed by atoms with Gasteiger partial charge in [-0.25, -0.2) is 4.39 Å². The molecule has 3 rings (SSSR count). The van der Waals surface area contributed by atoms with E-state index in [9.17, 15) is 4.39 Å². The zero-order chi connectivity index (χ0) is 12.4. The lowest BCUT2D eigenvalue weighted by Crippen LogP contribution is -1.97. The third-order valence-electron chi connectivity index (χ3n) is 2.62. The molecule has 0 aliphatic carbocycles. The number of hydrogen-bond acceptors (Lipinski definition) is 2. The summed E-state index contributed by atoms with van der Waals surface area (Å²) in [5.74, 6) is -0.255. The first-order valence-corrected chi connectivity index (χ1v) is 5.57. The van der Waals surface area contributed by atoms with Gasteiger partial charge in [-0.15, -0.1) is 5.10 Å². The van der Waals surface area contributed by atoms with Crippen molar-refractivity contribution in [2.24, 2.45) is 0 Å². The zero-order valence-electron chi connectivity index (χ0n) is 9.49. The van der Waals surface area contributed by atoms with Gasteiger partial charge in [0.25, 0.3) is 0 Å². The summed E-state index contributed by atoms with van der Waals surface area (Å²) in [4.78, 5) is 1.55. The van der Waals surface area contributed by atoms with E-state index in [0.29, 0.717) is 0 Å². The van der Waals surface area contributed by atoms with Crippen LogP contribution in [0.2, 0.25) is 0 Å². The highest BCUT2D eigenvalue weighted by Gasteiger charge is 2.04. The fourth-order valence-electron chi connectivity index (χ4n) is 1.70. The van der Waals surface area contributed by atoms with E-state index in [2.05, 4.69) is 10.2 Å². The van der Waals surface area contributed by atoms with E-state index in [1.165, 1.54) is 12.1 Å². The Morgan fingerprint density at radius 3 is 2.33 bits per heavy atom. The second kappa shape index (κ2) is 4.41. The first kappa shape index (κ1) is 10.7. The fourth-order valence-corrected chi connectivity index (χ4v) is 1.70. The summed E-state index contributed by atoms with van der Waals surface area (Å²) in [5.41, 5.74) is 2.46. The van der Waals surface area contributed by atoms with Crippen LogP contribution in [-0.4, -0.2) is 15.0 Å². The molecule has 18 heavy (non-hydrogen) atoms. The van der Waals surface area contributed by atoms with Crippen LogP contribution in [0.4, 0.5) is 4.39 Å². The largest absolute Gasteiger partial charge is 0.207 e. The molecule has 0 atom stereocenters. The van der Waals surface area contributed by atoms with Crippen LogP contribution in [0.15, 0.2) is 60.8 Å². The van der Waals surface area contributed by atoms with Gasteiger partial charge in [-0.05, 0) is 36.4 Å². The third-order valence-corrected chi connectivity index (χ3v) is 2.62. The normalized spacial score (nSPS) is 10.5. The van der Waals surface area contributed by atoms with Gasteiger partial charge in [-0.3, -0.25) is 0 Å². The predicted octanol–water partition coefficient (Wildman–Crippen LogP) is 3.07. The molecule has 1 aromatic heterocycles. The van der Waals surface area contributed by atoms with Crippen LogP contribution in [0, 0.1) is 5.82 Å². The van der Waals surface area contributed by atoms with Crippen LogP contribution in [0.1, 0.15) is 0 Å². The molecule has 0 aliphatic rings. The van der Waals surface area contributed by atoms with Gasteiger partial charge in [0.15, 0.2) is 0 Å². The van der Waals surface area contributed by atoms with Gasteiger partial charge >= 0.3 is 0 Å². The van der Waals surface area contributed by atoms with E-state index < -0.39 is 0 Å². The van der Waals surface area contributed by atoms with Crippen LogP contribution in [0.5, 0.6) is 0 Å². The maximum atomic E-state index is 12.8. The Labute approximate surface area is 104 Å². The maximum Gasteiger partial charge on any atom is 0.123 e. The lowest BCUT2D eigenvalue weighted by Gasteiger charge is -1.98. The van der Waals surface area contributed by atoms with Crippen molar-refractivity contribution in [3.63, 3.8) is 0 Å². The number of benzene rings is 2. The number of rotatable bonds is 2. The minimum atomic E-state index is -0.255. The zero-order valence-corrected chi connectivity index (χ0v) is 9.49. The van der Waals surface area contributed by atoms with Crippen LogP contribution in [0.25, 0.3) is 16.9 Å². The average molecular weight is 239 g/mol. The second-order valence-electron chi connectivity index (χ2n) is 3.86. The van der Waals surface area contributed by atoms with Gasteiger partial charge in [0.05, 0.1) is 11.9 Å². The van der Waals surface area contributed by atoms with Crippen LogP contribution >= 0.6 is 0 Å². The highest BCUT2D eigenvalue weighted by atomic mass is 19.1. The Kier molecular flexibility index (Phi) is 2.61. The molecule has 0 amide bonds. The van der Waals surface area contributed by atoms with Crippen molar-refractivity contribution < 1.29 is 4.39 Å². The Morgan fingerprint density at radius 1 is 0.889 bits per heavy atom. The van der Waals surface area contributed by atoms with Crippen molar-refractivity contribution in [1.82, 2.24) is 15.0 Å². The van der Waals surface area contributed by atoms with E-state index in [1.54, 1.807) is 23.1 Å². The van der Waals surface area contributed by atoms with Crippen molar-refractivity contribution in [2.45, 2.75) is 0 Å². The number of nitrogens with zero attached hydrogens (tertiary/aromatic N) is 3. The monoisotopic (exact) mass is 239 g/mol. The average Bonchev–Trinajstić information content (AvgIpc) is 2.90. The van der Waals surface area contributed by atoms with E-state index in [-0.39, 0.29) is 5.82 Å². The Bertz CT molecular complexity index is 644. The molecular formula is C14H10FN3. The van der Waals surface area contributed by atoms with Crippen LogP contribution in [-0.2, 0) is 0 Å². The number of para-hydroxylation sites is 1. The summed E-state index contributed by atoms with van der Waals surface area (Å²) in [6.07, 6.45) is 1.67. The molecule has 0 spiro atoms. The van der Waals surface area contributed by atoms with E-state index in [4.69, 9.17) is 0 Å². The molecule has 3 aromatic rings. The van der Waals surface area contributed by atoms with Gasteiger partial charge in [-0.1, -0.05) is 18.2 Å². The number of hydrogen-bond donors (Lipinski definition) is 0. The molecule has 0 bridgehead atoms. The SMILES string of the molecule is Fc1ccc(-c2cnn(-c3ccccc3)n2)cc1. The smallest absolute Gasteiger partial charge is 0.123 e. The topological polar surface area (TPSA) is 30.7 Å². The Morgan fingerprint density at radius 2 is 1.61 bits per heavy atom. The van der Waals surface area contributed by atoms with Crippen LogP contribution in [0.3, 0.4) is 0 Å². The summed E-state index contributed by atoms with van der Waals surface area (Å²) in [5, 5.41) is 8.56. The molecule has 2 aromatic carbocycles. The van der Waals surface area contributed by atoms with Crippen LogP contribution < -0.4 is 0 Å². The second-order valence-corrected chi connectivity index (χ2v) is 3.86. The van der Waals surface area contributed by atoms with Crippen molar-refractivity contribution in [2.75, 3.05) is 0 Å². The molecule has 0 fully saturated rings. The highest BCUT2D eigenvalue weighted by molar-refractivity contribution is 5.57. The van der Waals surface area contributed by atoms with Crippen molar-refractivity contribution >= 4 is 0 Å². The lowest BCUT2D eigenvalue weighted by molar-refractivity contribution is 0.628. The lowest BCUT2D eigenvalue weighted by atomic mass is 10.2. The first-order chi connectivity index (χ1) is 8.83. The third kappa shape index (κ3) is 2.00. The highest BCUT2D eigenvalue weighted by Crippen LogP contribution is 2.17. The van der Waals surface area contributed by atoms with Gasteiger partial charge in [0.1, 0.15) is 11.5 Å². The van der Waals surface area contributed by atoms with Gasteiger partial charge in [-0.2, -0.15) is 9.90 Å².